The first-order chi connectivity index (χ1) is 9.33. The van der Waals surface area contributed by atoms with Crippen LogP contribution < -0.4 is 5.32 Å². The van der Waals surface area contributed by atoms with Crippen LogP contribution in [0, 0.1) is 0 Å². The van der Waals surface area contributed by atoms with Crippen LogP contribution in [0.2, 0.25) is 0 Å². The minimum Gasteiger partial charge on any atom is -0.465 e. The first-order valence-corrected chi connectivity index (χ1v) is 7.25. The lowest BCUT2D eigenvalue weighted by Gasteiger charge is -2.39. The summed E-state index contributed by atoms with van der Waals surface area (Å²) in [6, 6.07) is -0.496. The summed E-state index contributed by atoms with van der Waals surface area (Å²) in [5.74, 6) is -0.286. The lowest BCUT2D eigenvalue weighted by molar-refractivity contribution is -0.148. The first-order valence-electron chi connectivity index (χ1n) is 7.25. The molecule has 2 fully saturated rings. The zero-order chi connectivity index (χ0) is 14.9. The molecule has 2 heterocycles. The van der Waals surface area contributed by atoms with Gasteiger partial charge in [0.1, 0.15) is 11.6 Å². The van der Waals surface area contributed by atoms with Crippen LogP contribution in [0.1, 0.15) is 40.5 Å². The van der Waals surface area contributed by atoms with E-state index in [1.165, 1.54) is 0 Å². The van der Waals surface area contributed by atoms with E-state index in [9.17, 15) is 9.59 Å². The van der Waals surface area contributed by atoms with Gasteiger partial charge in [0.25, 0.3) is 0 Å². The molecule has 2 saturated heterocycles. The maximum Gasteiger partial charge on any atom is 0.410 e. The van der Waals surface area contributed by atoms with Gasteiger partial charge in [-0.15, -0.1) is 0 Å². The van der Waals surface area contributed by atoms with E-state index < -0.39 is 11.6 Å². The van der Waals surface area contributed by atoms with Crippen LogP contribution in [-0.4, -0.2) is 53.8 Å². The lowest BCUT2D eigenvalue weighted by Crippen LogP contribution is -2.63. The number of fused-ring (bicyclic) bond motifs is 2. The number of hydrogen-bond donors (Lipinski definition) is 1. The predicted octanol–water partition coefficient (Wildman–Crippen LogP) is 1.29. The van der Waals surface area contributed by atoms with Crippen molar-refractivity contribution in [1.82, 2.24) is 10.2 Å². The summed E-state index contributed by atoms with van der Waals surface area (Å²) in [7, 11) is 0. The average Bonchev–Trinajstić information content (AvgIpc) is 2.62. The third-order valence-electron chi connectivity index (χ3n) is 3.65. The van der Waals surface area contributed by atoms with Crippen molar-refractivity contribution < 1.29 is 19.1 Å². The van der Waals surface area contributed by atoms with Crippen molar-refractivity contribution in [1.29, 1.82) is 0 Å². The van der Waals surface area contributed by atoms with Gasteiger partial charge in [-0.25, -0.2) is 4.79 Å². The molecule has 2 aliphatic rings. The summed E-state index contributed by atoms with van der Waals surface area (Å²) in [6.07, 6.45) is 1.37. The van der Waals surface area contributed by atoms with E-state index in [4.69, 9.17) is 9.47 Å². The molecule has 20 heavy (non-hydrogen) atoms. The molecular formula is C14H24N2O4. The highest BCUT2D eigenvalue weighted by Gasteiger charge is 2.49. The van der Waals surface area contributed by atoms with Gasteiger partial charge in [-0.2, -0.15) is 0 Å². The zero-order valence-electron chi connectivity index (χ0n) is 12.6. The van der Waals surface area contributed by atoms with Crippen LogP contribution in [0.3, 0.4) is 0 Å². The standard InChI is InChI=1S/C14H24N2O4/c1-5-19-12(17)11-10-7-6-9(8-15-11)16(10)13(18)20-14(2,3)4/h9-11,15H,5-8H2,1-4H3. The molecule has 1 N–H and O–H groups in total. The molecule has 0 spiro atoms. The largest absolute Gasteiger partial charge is 0.465 e. The Bertz CT molecular complexity index is 391. The van der Waals surface area contributed by atoms with Gasteiger partial charge in [0.2, 0.25) is 0 Å². The number of nitrogens with zero attached hydrogens (tertiary/aromatic N) is 1. The van der Waals surface area contributed by atoms with E-state index in [2.05, 4.69) is 5.32 Å². The first kappa shape index (κ1) is 15.1. The van der Waals surface area contributed by atoms with E-state index in [-0.39, 0.29) is 24.1 Å². The quantitative estimate of drug-likeness (QED) is 0.774. The maximum absolute atomic E-state index is 12.3. The van der Waals surface area contributed by atoms with Crippen molar-refractivity contribution >= 4 is 12.1 Å². The molecule has 1 amide bonds. The summed E-state index contributed by atoms with van der Waals surface area (Å²) in [5.41, 5.74) is -0.527. The molecule has 0 aromatic rings. The minimum absolute atomic E-state index is 0.112. The second kappa shape index (κ2) is 5.60. The molecule has 6 nitrogen and oxygen atoms in total. The fourth-order valence-electron chi connectivity index (χ4n) is 2.91. The molecule has 0 saturated carbocycles. The fraction of sp³-hybridized carbons (Fsp3) is 0.857. The lowest BCUT2D eigenvalue weighted by atomic mass is 10.1. The third-order valence-corrected chi connectivity index (χ3v) is 3.65. The van der Waals surface area contributed by atoms with Crippen LogP contribution in [0.15, 0.2) is 0 Å². The Morgan fingerprint density at radius 3 is 2.60 bits per heavy atom. The summed E-state index contributed by atoms with van der Waals surface area (Å²) in [5, 5.41) is 3.19. The smallest absolute Gasteiger partial charge is 0.410 e. The zero-order valence-corrected chi connectivity index (χ0v) is 12.6. The molecule has 0 aromatic carbocycles. The number of hydrogen-bond acceptors (Lipinski definition) is 5. The number of ether oxygens (including phenoxy) is 2. The third kappa shape index (κ3) is 3.06. The Kier molecular flexibility index (Phi) is 4.22. The van der Waals surface area contributed by atoms with Gasteiger partial charge in [-0.05, 0) is 40.5 Å². The second-order valence-corrected chi connectivity index (χ2v) is 6.32. The van der Waals surface area contributed by atoms with Gasteiger partial charge in [0, 0.05) is 12.6 Å². The Balaban J connectivity index is 2.10. The highest BCUT2D eigenvalue weighted by molar-refractivity contribution is 5.79. The monoisotopic (exact) mass is 284 g/mol. The molecule has 0 radical (unpaired) electrons. The molecule has 2 bridgehead atoms. The Morgan fingerprint density at radius 1 is 1.30 bits per heavy atom. The number of carbonyl (C=O) groups is 2. The van der Waals surface area contributed by atoms with Gasteiger partial charge in [0.15, 0.2) is 0 Å². The number of esters is 1. The van der Waals surface area contributed by atoms with E-state index in [1.54, 1.807) is 11.8 Å². The van der Waals surface area contributed by atoms with Crippen LogP contribution >= 0.6 is 0 Å². The van der Waals surface area contributed by atoms with Gasteiger partial charge in [-0.3, -0.25) is 9.69 Å². The van der Waals surface area contributed by atoms with Crippen molar-refractivity contribution in [3.63, 3.8) is 0 Å². The average molecular weight is 284 g/mol. The summed E-state index contributed by atoms with van der Waals surface area (Å²) in [6.45, 7) is 8.27. The second-order valence-electron chi connectivity index (χ2n) is 6.32. The molecule has 3 unspecified atom stereocenters. The van der Waals surface area contributed by atoms with Crippen LogP contribution in [0.4, 0.5) is 4.79 Å². The normalized spacial score (nSPS) is 29.2. The summed E-state index contributed by atoms with van der Waals surface area (Å²) < 4.78 is 10.5. The van der Waals surface area contributed by atoms with Gasteiger partial charge < -0.3 is 14.8 Å². The van der Waals surface area contributed by atoms with Crippen molar-refractivity contribution in [3.8, 4) is 0 Å². The van der Waals surface area contributed by atoms with E-state index in [0.29, 0.717) is 13.2 Å². The number of amides is 1. The number of carbonyl (C=O) groups excluding carboxylic acids is 2. The van der Waals surface area contributed by atoms with Crippen molar-refractivity contribution in [2.24, 2.45) is 0 Å². The molecule has 0 aliphatic carbocycles. The molecule has 3 atom stereocenters. The Labute approximate surface area is 119 Å². The molecular weight excluding hydrogens is 260 g/mol. The highest BCUT2D eigenvalue weighted by Crippen LogP contribution is 2.31. The van der Waals surface area contributed by atoms with E-state index in [0.717, 1.165) is 12.8 Å². The SMILES string of the molecule is CCOC(=O)C1NCC2CCC1N2C(=O)OC(C)(C)C. The molecule has 2 rings (SSSR count). The van der Waals surface area contributed by atoms with Crippen molar-refractivity contribution in [2.75, 3.05) is 13.2 Å². The summed E-state index contributed by atoms with van der Waals surface area (Å²) >= 11 is 0. The fourth-order valence-corrected chi connectivity index (χ4v) is 2.91. The van der Waals surface area contributed by atoms with E-state index >= 15 is 0 Å². The molecule has 114 valence electrons. The summed E-state index contributed by atoms with van der Waals surface area (Å²) in [4.78, 5) is 26.0. The topological polar surface area (TPSA) is 67.9 Å². The Hall–Kier alpha value is -1.30. The van der Waals surface area contributed by atoms with Gasteiger partial charge >= 0.3 is 12.1 Å². The van der Waals surface area contributed by atoms with Crippen molar-refractivity contribution in [3.05, 3.63) is 0 Å². The van der Waals surface area contributed by atoms with Gasteiger partial charge in [-0.1, -0.05) is 0 Å². The van der Waals surface area contributed by atoms with Gasteiger partial charge in [0.05, 0.1) is 12.6 Å². The van der Waals surface area contributed by atoms with Crippen LogP contribution in [0.5, 0.6) is 0 Å². The maximum atomic E-state index is 12.3. The Morgan fingerprint density at radius 2 is 2.00 bits per heavy atom. The van der Waals surface area contributed by atoms with E-state index in [1.807, 2.05) is 20.8 Å². The molecule has 2 aliphatic heterocycles. The number of piperazine rings is 1. The molecule has 0 aromatic heterocycles. The van der Waals surface area contributed by atoms with Crippen LogP contribution in [-0.2, 0) is 14.3 Å². The van der Waals surface area contributed by atoms with Crippen molar-refractivity contribution in [2.45, 2.75) is 64.3 Å². The number of nitrogens with one attached hydrogen (secondary N) is 1. The van der Waals surface area contributed by atoms with Crippen LogP contribution in [0.25, 0.3) is 0 Å². The molecule has 6 heteroatoms. The minimum atomic E-state index is -0.527. The highest BCUT2D eigenvalue weighted by atomic mass is 16.6. The predicted molar refractivity (Wildman–Crippen MR) is 73.3 cm³/mol. The number of rotatable bonds is 2.